The second kappa shape index (κ2) is 18.2. The third kappa shape index (κ3) is 8.93. The Labute approximate surface area is 322 Å². The molecule has 4 fully saturated rings. The van der Waals surface area contributed by atoms with Crippen LogP contribution in [0.4, 0.5) is 9.59 Å². The molecule has 2 saturated carbocycles. The number of hydrogen-bond acceptors (Lipinski definition) is 6. The third-order valence-corrected chi connectivity index (χ3v) is 13.8. The van der Waals surface area contributed by atoms with Crippen LogP contribution in [-0.2, 0) is 9.47 Å². The Morgan fingerprint density at radius 3 is 1.20 bits per heavy atom. The molecule has 0 radical (unpaired) electrons. The molecule has 4 bridgehead atoms. The molecule has 10 heteroatoms. The van der Waals surface area contributed by atoms with Crippen molar-refractivity contribution < 1.29 is 19.1 Å². The molecule has 2 aliphatic carbocycles. The van der Waals surface area contributed by atoms with Crippen LogP contribution >= 0.6 is 0 Å². The van der Waals surface area contributed by atoms with Gasteiger partial charge in [-0.25, -0.2) is 9.59 Å². The van der Waals surface area contributed by atoms with Crippen molar-refractivity contribution in [2.75, 3.05) is 52.6 Å². The molecule has 0 aromatic heterocycles. The summed E-state index contributed by atoms with van der Waals surface area (Å²) in [5.74, 6) is 1.52. The smallest absolute Gasteiger partial charge is 0.315 e. The van der Waals surface area contributed by atoms with Crippen LogP contribution in [0.25, 0.3) is 0 Å². The number of ether oxygens (including phenoxy) is 2. The zero-order valence-electron chi connectivity index (χ0n) is 32.3. The fraction of sp³-hybridized carbons (Fsp3) is 0.682. The Morgan fingerprint density at radius 2 is 0.852 bits per heavy atom. The average Bonchev–Trinajstić information content (AvgIpc) is 3.96. The van der Waals surface area contributed by atoms with Crippen molar-refractivity contribution in [2.45, 2.75) is 126 Å². The van der Waals surface area contributed by atoms with Gasteiger partial charge in [-0.15, -0.1) is 0 Å². The summed E-state index contributed by atoms with van der Waals surface area (Å²) in [7, 11) is 0. The zero-order valence-corrected chi connectivity index (χ0v) is 32.3. The van der Waals surface area contributed by atoms with Crippen LogP contribution in [0, 0.1) is 11.8 Å². The Morgan fingerprint density at radius 1 is 0.500 bits per heavy atom. The minimum absolute atomic E-state index is 0.0992. The van der Waals surface area contributed by atoms with E-state index in [1.54, 1.807) is 22.3 Å². The number of benzene rings is 2. The minimum atomic E-state index is -0.0992. The van der Waals surface area contributed by atoms with Gasteiger partial charge in [-0.2, -0.15) is 0 Å². The number of amides is 4. The maximum absolute atomic E-state index is 12.5. The molecular formula is C44H64N6O4. The highest BCUT2D eigenvalue weighted by atomic mass is 16.5. The van der Waals surface area contributed by atoms with Gasteiger partial charge in [-0.1, -0.05) is 48.5 Å². The van der Waals surface area contributed by atoms with Crippen LogP contribution in [0.3, 0.4) is 0 Å². The molecule has 4 N–H and O–H groups in total. The first-order valence-electron chi connectivity index (χ1n) is 21.5. The maximum Gasteiger partial charge on any atom is 0.315 e. The van der Waals surface area contributed by atoms with Crippen LogP contribution in [0.2, 0.25) is 0 Å². The predicted molar refractivity (Wildman–Crippen MR) is 211 cm³/mol. The summed E-state index contributed by atoms with van der Waals surface area (Å²) in [6.07, 6.45) is 16.8. The van der Waals surface area contributed by atoms with Crippen LogP contribution in [0.15, 0.2) is 48.5 Å². The molecule has 4 atom stereocenters. The molecule has 6 aliphatic rings. The molecule has 2 aromatic rings. The van der Waals surface area contributed by atoms with Gasteiger partial charge >= 0.3 is 12.1 Å². The van der Waals surface area contributed by atoms with E-state index in [0.29, 0.717) is 63.7 Å². The van der Waals surface area contributed by atoms with E-state index >= 15 is 0 Å². The molecule has 4 aliphatic heterocycles. The van der Waals surface area contributed by atoms with Gasteiger partial charge < -0.3 is 30.7 Å². The lowest BCUT2D eigenvalue weighted by Gasteiger charge is -2.31. The van der Waals surface area contributed by atoms with E-state index < -0.39 is 0 Å². The first-order chi connectivity index (χ1) is 26.6. The summed E-state index contributed by atoms with van der Waals surface area (Å²) in [4.78, 5) is 30.4. The molecule has 8 rings (SSSR count). The Kier molecular flexibility index (Phi) is 12.7. The average molecular weight is 741 g/mol. The van der Waals surface area contributed by atoms with Gasteiger partial charge in [0.15, 0.2) is 0 Å². The lowest BCUT2D eigenvalue weighted by atomic mass is 9.84. The van der Waals surface area contributed by atoms with E-state index in [2.05, 4.69) is 79.6 Å². The van der Waals surface area contributed by atoms with Crippen LogP contribution in [0.1, 0.15) is 136 Å². The minimum Gasteiger partial charge on any atom is -0.377 e. The fourth-order valence-electron chi connectivity index (χ4n) is 11.0. The predicted octanol–water partition coefficient (Wildman–Crippen LogP) is 7.30. The third-order valence-electron chi connectivity index (χ3n) is 13.8. The van der Waals surface area contributed by atoms with Crippen molar-refractivity contribution in [3.8, 4) is 0 Å². The number of fused-ring (bicyclic) bond motifs is 10. The summed E-state index contributed by atoms with van der Waals surface area (Å²) in [5, 5.41) is 12.2. The highest BCUT2D eigenvalue weighted by molar-refractivity contribution is 5.74. The second-order valence-corrected chi connectivity index (χ2v) is 17.0. The van der Waals surface area contributed by atoms with Gasteiger partial charge in [-0.3, -0.25) is 9.80 Å². The summed E-state index contributed by atoms with van der Waals surface area (Å²) < 4.78 is 11.3. The van der Waals surface area contributed by atoms with Crippen molar-refractivity contribution in [1.82, 2.24) is 31.1 Å². The van der Waals surface area contributed by atoms with Crippen molar-refractivity contribution in [3.63, 3.8) is 0 Å². The highest BCUT2D eigenvalue weighted by Crippen LogP contribution is 2.54. The number of carbonyl (C=O) groups is 2. The number of rotatable bonds is 17. The Balaban J connectivity index is 0.587. The van der Waals surface area contributed by atoms with Crippen molar-refractivity contribution in [3.05, 3.63) is 70.8 Å². The lowest BCUT2D eigenvalue weighted by molar-refractivity contribution is 0.0509. The number of urea groups is 2. The summed E-state index contributed by atoms with van der Waals surface area (Å²) in [5.41, 5.74) is 6.28. The monoisotopic (exact) mass is 740 g/mol. The quantitative estimate of drug-likeness (QED) is 0.127. The molecule has 2 aromatic carbocycles. The van der Waals surface area contributed by atoms with Gasteiger partial charge in [0, 0.05) is 49.3 Å². The topological polar surface area (TPSA) is 107 Å². The molecule has 294 valence electrons. The maximum atomic E-state index is 12.5. The van der Waals surface area contributed by atoms with Crippen molar-refractivity contribution >= 4 is 12.1 Å². The molecule has 2 saturated heterocycles. The molecule has 0 spiro atoms. The van der Waals surface area contributed by atoms with Crippen LogP contribution in [-0.4, -0.2) is 86.6 Å². The Hall–Kier alpha value is -3.18. The van der Waals surface area contributed by atoms with Crippen molar-refractivity contribution in [2.24, 2.45) is 11.8 Å². The van der Waals surface area contributed by atoms with E-state index in [1.807, 2.05) is 0 Å². The molecule has 4 unspecified atom stereocenters. The second-order valence-electron chi connectivity index (χ2n) is 17.0. The molecule has 10 nitrogen and oxygen atoms in total. The van der Waals surface area contributed by atoms with Crippen molar-refractivity contribution in [1.29, 1.82) is 0 Å². The van der Waals surface area contributed by atoms with E-state index in [-0.39, 0.29) is 24.1 Å². The largest absolute Gasteiger partial charge is 0.377 e. The van der Waals surface area contributed by atoms with Gasteiger partial charge in [0.25, 0.3) is 0 Å². The van der Waals surface area contributed by atoms with Gasteiger partial charge in [0.1, 0.15) is 0 Å². The first-order valence-corrected chi connectivity index (χ1v) is 21.5. The van der Waals surface area contributed by atoms with Gasteiger partial charge in [0.2, 0.25) is 0 Å². The summed E-state index contributed by atoms with van der Waals surface area (Å²) in [6.45, 7) is 5.15. The first kappa shape index (κ1) is 37.7. The van der Waals surface area contributed by atoms with E-state index in [0.717, 1.165) is 37.5 Å². The zero-order chi connectivity index (χ0) is 36.7. The number of nitrogens with one attached hydrogen (secondary N) is 4. The summed E-state index contributed by atoms with van der Waals surface area (Å²) in [6, 6.07) is 21.0. The molecule has 4 heterocycles. The molecule has 4 amide bonds. The molecular weight excluding hydrogens is 677 g/mol. The van der Waals surface area contributed by atoms with E-state index in [9.17, 15) is 9.59 Å². The Bertz CT molecular complexity index is 1360. The number of carbonyl (C=O) groups excluding carboxylic acids is 2. The van der Waals surface area contributed by atoms with E-state index in [1.165, 1.54) is 77.3 Å². The van der Waals surface area contributed by atoms with E-state index in [4.69, 9.17) is 9.47 Å². The standard InChI is InChI=1S/C44H64N6O4/c51-43(47-33-13-9-31(10-14-33)21-25-49-39-17-18-40(49)36-6-2-1-5-35(36)39)45-23-27-53-29-30-54-28-24-46-44(52)48-34-15-11-32(12-16-34)22-26-50-41-19-20-42(50)38-8-4-3-7-37(38)41/h1-8,31-34,39-42H,9-30H2,(H2,45,47,51)(H2,46,48,52). The number of hydrogen-bond donors (Lipinski definition) is 4. The summed E-state index contributed by atoms with van der Waals surface area (Å²) >= 11 is 0. The highest BCUT2D eigenvalue weighted by Gasteiger charge is 2.44. The SMILES string of the molecule is O=C(NCCOCCOCCNC(=O)NC1CCC(CCN2C3CCC2c2ccccc23)CC1)NC1CCC(CCN2C3CCC2c2ccccc23)CC1. The molecule has 54 heavy (non-hydrogen) atoms. The van der Waals surface area contributed by atoms with Crippen LogP contribution in [0.5, 0.6) is 0 Å². The lowest BCUT2D eigenvalue weighted by Crippen LogP contribution is -2.44. The van der Waals surface area contributed by atoms with Crippen LogP contribution < -0.4 is 21.3 Å². The van der Waals surface area contributed by atoms with Gasteiger partial charge in [0.05, 0.1) is 26.4 Å². The fourth-order valence-corrected chi connectivity index (χ4v) is 11.0. The normalized spacial score (nSPS) is 29.9. The van der Waals surface area contributed by atoms with Gasteiger partial charge in [-0.05, 0) is 137 Å². The number of nitrogens with zero attached hydrogens (tertiary/aromatic N) is 2.